The molecule has 16 heavy (non-hydrogen) atoms. The van der Waals surface area contributed by atoms with Crippen LogP contribution in [0.4, 0.5) is 0 Å². The van der Waals surface area contributed by atoms with Crippen LogP contribution in [0.1, 0.15) is 5.69 Å². The molecule has 1 heterocycles. The van der Waals surface area contributed by atoms with Gasteiger partial charge in [-0.3, -0.25) is 0 Å². The van der Waals surface area contributed by atoms with Gasteiger partial charge < -0.3 is 0 Å². The Morgan fingerprint density at radius 2 is 1.75 bits per heavy atom. The Hall–Kier alpha value is -1.41. The largest absolute Gasteiger partial charge is 0.248 e. The van der Waals surface area contributed by atoms with Crippen molar-refractivity contribution in [1.29, 1.82) is 0 Å². The van der Waals surface area contributed by atoms with E-state index in [9.17, 15) is 0 Å². The van der Waals surface area contributed by atoms with Crippen LogP contribution in [-0.2, 0) is 0 Å². The Morgan fingerprint density at radius 3 is 2.50 bits per heavy atom. The van der Waals surface area contributed by atoms with Gasteiger partial charge in [0.1, 0.15) is 0 Å². The summed E-state index contributed by atoms with van der Waals surface area (Å²) in [5.41, 5.74) is 4.45. The minimum absolute atomic E-state index is 1.06. The molecule has 1 aromatic carbocycles. The number of hydrogen-bond donors (Lipinski definition) is 0. The summed E-state index contributed by atoms with van der Waals surface area (Å²) in [6, 6.07) is 12.4. The number of para-hydroxylation sites is 1. The fraction of sp³-hybridized carbons (Fsp3) is 0.214. The van der Waals surface area contributed by atoms with Crippen molar-refractivity contribution in [3.8, 4) is 0 Å². The van der Waals surface area contributed by atoms with Crippen LogP contribution in [0.25, 0.3) is 17.0 Å². The average Bonchev–Trinajstić information content (AvgIpc) is 2.25. The molecule has 0 fully saturated rings. The number of aromatic nitrogens is 1. The number of benzene rings is 1. The summed E-state index contributed by atoms with van der Waals surface area (Å²) in [7, 11) is -1.13. The molecule has 0 bridgehead atoms. The molecular formula is C14H17NSi. The third-order valence-electron chi connectivity index (χ3n) is 2.37. The SMILES string of the molecule is C[Si](C)(C)/C=C\c1ccc2ccccc2n1. The van der Waals surface area contributed by atoms with Gasteiger partial charge in [0, 0.05) is 5.39 Å². The van der Waals surface area contributed by atoms with Crippen molar-refractivity contribution in [3.63, 3.8) is 0 Å². The Morgan fingerprint density at radius 1 is 1.00 bits per heavy atom. The third kappa shape index (κ3) is 2.80. The second kappa shape index (κ2) is 4.22. The molecule has 0 N–H and O–H groups in total. The van der Waals surface area contributed by atoms with Crippen molar-refractivity contribution in [2.75, 3.05) is 0 Å². The maximum Gasteiger partial charge on any atom is 0.0709 e. The predicted octanol–water partition coefficient (Wildman–Crippen LogP) is 4.13. The van der Waals surface area contributed by atoms with E-state index in [0.29, 0.717) is 0 Å². The molecule has 0 aliphatic heterocycles. The monoisotopic (exact) mass is 227 g/mol. The van der Waals surface area contributed by atoms with E-state index in [-0.39, 0.29) is 0 Å². The van der Waals surface area contributed by atoms with Gasteiger partial charge in [-0.15, -0.1) is 0 Å². The van der Waals surface area contributed by atoms with Crippen LogP contribution >= 0.6 is 0 Å². The quantitative estimate of drug-likeness (QED) is 0.703. The van der Waals surface area contributed by atoms with Crippen LogP contribution in [0.5, 0.6) is 0 Å². The van der Waals surface area contributed by atoms with Crippen LogP contribution in [0.3, 0.4) is 0 Å². The maximum atomic E-state index is 4.61. The van der Waals surface area contributed by atoms with Crippen molar-refractivity contribution in [1.82, 2.24) is 4.98 Å². The van der Waals surface area contributed by atoms with Crippen LogP contribution in [0.2, 0.25) is 19.6 Å². The third-order valence-corrected chi connectivity index (χ3v) is 3.54. The van der Waals surface area contributed by atoms with Crippen molar-refractivity contribution in [2.45, 2.75) is 19.6 Å². The normalized spacial score (nSPS) is 12.4. The first kappa shape index (κ1) is 11.1. The first-order valence-electron chi connectivity index (χ1n) is 5.60. The highest BCUT2D eigenvalue weighted by molar-refractivity contribution is 6.81. The van der Waals surface area contributed by atoms with Gasteiger partial charge in [0.2, 0.25) is 0 Å². The van der Waals surface area contributed by atoms with E-state index in [4.69, 9.17) is 0 Å². The number of hydrogen-bond acceptors (Lipinski definition) is 1. The summed E-state index contributed by atoms with van der Waals surface area (Å²) < 4.78 is 0. The molecular weight excluding hydrogens is 210 g/mol. The Labute approximate surface area is 97.8 Å². The van der Waals surface area contributed by atoms with Gasteiger partial charge in [-0.1, -0.05) is 49.6 Å². The van der Waals surface area contributed by atoms with E-state index in [0.717, 1.165) is 11.2 Å². The highest BCUT2D eigenvalue weighted by atomic mass is 28.3. The van der Waals surface area contributed by atoms with E-state index < -0.39 is 8.07 Å². The molecule has 82 valence electrons. The lowest BCUT2D eigenvalue weighted by atomic mass is 10.2. The standard InChI is InChI=1S/C14H17NSi/c1-16(2,3)11-10-13-9-8-12-6-4-5-7-14(12)15-13/h4-11H,1-3H3/b11-10-. The first-order valence-corrected chi connectivity index (χ1v) is 9.17. The summed E-state index contributed by atoms with van der Waals surface area (Å²) in [5, 5.41) is 1.20. The number of fused-ring (bicyclic) bond motifs is 1. The molecule has 0 aliphatic carbocycles. The topological polar surface area (TPSA) is 12.9 Å². The van der Waals surface area contributed by atoms with Crippen LogP contribution < -0.4 is 0 Å². The second-order valence-corrected chi connectivity index (χ2v) is 10.2. The summed E-state index contributed by atoms with van der Waals surface area (Å²) in [4.78, 5) is 4.61. The lowest BCUT2D eigenvalue weighted by molar-refractivity contribution is 1.37. The van der Waals surface area contributed by atoms with Crippen LogP contribution in [0, 0.1) is 0 Å². The van der Waals surface area contributed by atoms with Crippen LogP contribution in [0.15, 0.2) is 42.1 Å². The first-order chi connectivity index (χ1) is 7.54. The lowest BCUT2D eigenvalue weighted by Crippen LogP contribution is -2.15. The average molecular weight is 227 g/mol. The summed E-state index contributed by atoms with van der Waals surface area (Å²) in [5.74, 6) is 0. The lowest BCUT2D eigenvalue weighted by Gasteiger charge is -2.07. The van der Waals surface area contributed by atoms with Crippen molar-refractivity contribution in [2.24, 2.45) is 0 Å². The van der Waals surface area contributed by atoms with E-state index in [1.807, 2.05) is 12.1 Å². The van der Waals surface area contributed by atoms with E-state index in [2.05, 4.69) is 60.7 Å². The molecule has 0 unspecified atom stereocenters. The Bertz CT molecular complexity index is 523. The fourth-order valence-corrected chi connectivity index (χ4v) is 2.18. The van der Waals surface area contributed by atoms with Gasteiger partial charge in [-0.25, -0.2) is 4.98 Å². The van der Waals surface area contributed by atoms with Gasteiger partial charge in [0.25, 0.3) is 0 Å². The van der Waals surface area contributed by atoms with E-state index >= 15 is 0 Å². The van der Waals surface area contributed by atoms with Crippen molar-refractivity contribution >= 4 is 25.1 Å². The van der Waals surface area contributed by atoms with E-state index in [1.54, 1.807) is 0 Å². The second-order valence-electron chi connectivity index (χ2n) is 5.13. The fourth-order valence-electron chi connectivity index (χ4n) is 1.51. The zero-order chi connectivity index (χ0) is 11.6. The van der Waals surface area contributed by atoms with Crippen molar-refractivity contribution < 1.29 is 0 Å². The molecule has 0 saturated carbocycles. The van der Waals surface area contributed by atoms with Crippen molar-refractivity contribution in [3.05, 3.63) is 47.8 Å². The molecule has 2 heteroatoms. The van der Waals surface area contributed by atoms with Crippen LogP contribution in [-0.4, -0.2) is 13.1 Å². The highest BCUT2D eigenvalue weighted by Gasteiger charge is 2.06. The molecule has 0 amide bonds. The Balaban J connectivity index is 2.37. The molecule has 2 aromatic rings. The molecule has 0 saturated heterocycles. The number of rotatable bonds is 2. The molecule has 0 aliphatic rings. The molecule has 0 radical (unpaired) electrons. The zero-order valence-electron chi connectivity index (χ0n) is 10.1. The van der Waals surface area contributed by atoms with Gasteiger partial charge in [-0.2, -0.15) is 0 Å². The molecule has 2 rings (SSSR count). The van der Waals surface area contributed by atoms with Gasteiger partial charge >= 0.3 is 0 Å². The zero-order valence-corrected chi connectivity index (χ0v) is 11.1. The van der Waals surface area contributed by atoms with Gasteiger partial charge in [-0.05, 0) is 18.2 Å². The smallest absolute Gasteiger partial charge is 0.0709 e. The predicted molar refractivity (Wildman–Crippen MR) is 74.1 cm³/mol. The van der Waals surface area contributed by atoms with Gasteiger partial charge in [0.15, 0.2) is 0 Å². The minimum Gasteiger partial charge on any atom is -0.248 e. The Kier molecular flexibility index (Phi) is 2.92. The molecule has 0 atom stereocenters. The molecule has 0 spiro atoms. The number of nitrogens with zero attached hydrogens (tertiary/aromatic N) is 1. The summed E-state index contributed by atoms with van der Waals surface area (Å²) >= 11 is 0. The van der Waals surface area contributed by atoms with E-state index in [1.165, 1.54) is 5.39 Å². The molecule has 1 aromatic heterocycles. The summed E-state index contributed by atoms with van der Waals surface area (Å²) in [6.45, 7) is 6.97. The summed E-state index contributed by atoms with van der Waals surface area (Å²) in [6.07, 6.45) is 2.15. The van der Waals surface area contributed by atoms with Gasteiger partial charge in [0.05, 0.1) is 19.3 Å². The maximum absolute atomic E-state index is 4.61. The minimum atomic E-state index is -1.13. The molecule has 1 nitrogen and oxygen atoms in total. The number of pyridine rings is 1. The highest BCUT2D eigenvalue weighted by Crippen LogP contribution is 2.13.